The van der Waals surface area contributed by atoms with Crippen molar-refractivity contribution in [3.05, 3.63) is 36.4 Å². The fraction of sp³-hybridized carbons (Fsp3) is 0.615. The van der Waals surface area contributed by atoms with Gasteiger partial charge in [-0.1, -0.05) is 18.2 Å². The topological polar surface area (TPSA) is 96.5 Å². The van der Waals surface area contributed by atoms with Crippen LogP contribution < -0.4 is 10.6 Å². The highest BCUT2D eigenvalue weighted by molar-refractivity contribution is 7.91. The maximum atomic E-state index is 13.2. The SMILES string of the molecule is O=S(=O)(c1ccccc1)c1nnc(N[C@H]2C[C@@H]3CN(CC4CCOCC4)C[C@@H]3C2)cc1NC1CC1. The summed E-state index contributed by atoms with van der Waals surface area (Å²) in [7, 11) is -3.74. The zero-order valence-electron chi connectivity index (χ0n) is 20.1. The van der Waals surface area contributed by atoms with Crippen molar-refractivity contribution in [3.63, 3.8) is 0 Å². The molecule has 0 unspecified atom stereocenters. The van der Waals surface area contributed by atoms with Gasteiger partial charge in [0.05, 0.1) is 10.6 Å². The fourth-order valence-electron chi connectivity index (χ4n) is 6.08. The first-order chi connectivity index (χ1) is 17.0. The third kappa shape index (κ3) is 5.17. The first-order valence-electron chi connectivity index (χ1n) is 13.1. The van der Waals surface area contributed by atoms with E-state index in [-0.39, 0.29) is 9.92 Å². The second-order valence-electron chi connectivity index (χ2n) is 10.8. The van der Waals surface area contributed by atoms with Crippen LogP contribution in [0.4, 0.5) is 11.5 Å². The molecule has 2 N–H and O–H groups in total. The number of hydrogen-bond donors (Lipinski definition) is 2. The number of ether oxygens (including phenoxy) is 1. The van der Waals surface area contributed by atoms with Gasteiger partial charge in [-0.15, -0.1) is 10.2 Å². The Kier molecular flexibility index (Phi) is 6.41. The van der Waals surface area contributed by atoms with Crippen molar-refractivity contribution in [3.8, 4) is 0 Å². The van der Waals surface area contributed by atoms with E-state index in [9.17, 15) is 8.42 Å². The molecule has 0 bridgehead atoms. The Morgan fingerprint density at radius 3 is 2.31 bits per heavy atom. The molecule has 0 radical (unpaired) electrons. The van der Waals surface area contributed by atoms with Gasteiger partial charge in [-0.25, -0.2) is 8.42 Å². The number of hydrogen-bond acceptors (Lipinski definition) is 8. The first kappa shape index (κ1) is 23.2. The molecular formula is C26H35N5O3S. The average molecular weight is 498 g/mol. The summed E-state index contributed by atoms with van der Waals surface area (Å²) in [5.41, 5.74) is 0.551. The van der Waals surface area contributed by atoms with Crippen molar-refractivity contribution in [1.29, 1.82) is 0 Å². The molecule has 3 atom stereocenters. The molecule has 9 heteroatoms. The lowest BCUT2D eigenvalue weighted by atomic mass is 10.00. The number of nitrogens with one attached hydrogen (secondary N) is 2. The molecule has 4 fully saturated rings. The summed E-state index contributed by atoms with van der Waals surface area (Å²) in [6.45, 7) is 5.43. The standard InChI is InChI=1S/C26H35N5O3S/c32-35(33,23-4-2-1-3-5-23)26-24(27-21-6-7-21)14-25(29-30-26)28-22-12-19-16-31(17-20(19)13-22)15-18-8-10-34-11-9-18/h1-5,14,18-22H,6-13,15-17H2,(H2,27,28,29)/t19-,20+,22+. The average Bonchev–Trinajstić information content (AvgIpc) is 3.49. The van der Waals surface area contributed by atoms with E-state index < -0.39 is 9.84 Å². The minimum atomic E-state index is -3.74. The van der Waals surface area contributed by atoms with Gasteiger partial charge in [-0.3, -0.25) is 0 Å². The number of likely N-dealkylation sites (tertiary alicyclic amines) is 1. The Morgan fingerprint density at radius 2 is 1.63 bits per heavy atom. The molecular weight excluding hydrogens is 462 g/mol. The Labute approximate surface area is 207 Å². The van der Waals surface area contributed by atoms with Crippen LogP contribution in [0.1, 0.15) is 38.5 Å². The van der Waals surface area contributed by atoms with Crippen molar-refractivity contribution in [2.75, 3.05) is 43.5 Å². The molecule has 2 saturated carbocycles. The largest absolute Gasteiger partial charge is 0.381 e. The normalized spacial score (nSPS) is 27.6. The maximum Gasteiger partial charge on any atom is 0.227 e. The van der Waals surface area contributed by atoms with Crippen LogP contribution in [-0.4, -0.2) is 68.4 Å². The van der Waals surface area contributed by atoms with Crippen molar-refractivity contribution in [1.82, 2.24) is 15.1 Å². The molecule has 35 heavy (non-hydrogen) atoms. The minimum absolute atomic E-state index is 0.00759. The molecule has 0 amide bonds. The van der Waals surface area contributed by atoms with Gasteiger partial charge in [0.1, 0.15) is 0 Å². The van der Waals surface area contributed by atoms with Gasteiger partial charge in [0.25, 0.3) is 0 Å². The van der Waals surface area contributed by atoms with Crippen molar-refractivity contribution in [2.45, 2.75) is 60.5 Å². The summed E-state index contributed by atoms with van der Waals surface area (Å²) in [6, 6.07) is 11.0. The molecule has 4 aliphatic rings. The Hall–Kier alpha value is -2.23. The molecule has 2 saturated heterocycles. The fourth-order valence-corrected chi connectivity index (χ4v) is 7.37. The number of anilines is 2. The summed E-state index contributed by atoms with van der Waals surface area (Å²) in [6.07, 6.45) is 6.75. The molecule has 1 aromatic heterocycles. The number of sulfone groups is 1. The van der Waals surface area contributed by atoms with Gasteiger partial charge in [-0.05, 0) is 68.4 Å². The van der Waals surface area contributed by atoms with Gasteiger partial charge in [0, 0.05) is 51.0 Å². The lowest BCUT2D eigenvalue weighted by molar-refractivity contribution is 0.0545. The lowest BCUT2D eigenvalue weighted by Gasteiger charge is -2.27. The quantitative estimate of drug-likeness (QED) is 0.573. The summed E-state index contributed by atoms with van der Waals surface area (Å²) in [5, 5.41) is 15.5. The summed E-state index contributed by atoms with van der Waals surface area (Å²) in [4.78, 5) is 2.91. The number of fused-ring (bicyclic) bond motifs is 1. The lowest BCUT2D eigenvalue weighted by Crippen LogP contribution is -2.32. The third-order valence-corrected chi connectivity index (χ3v) is 9.74. The number of nitrogens with zero attached hydrogens (tertiary/aromatic N) is 3. The smallest absolute Gasteiger partial charge is 0.227 e. The number of aromatic nitrogens is 2. The molecule has 188 valence electrons. The van der Waals surface area contributed by atoms with Gasteiger partial charge < -0.3 is 20.3 Å². The monoisotopic (exact) mass is 497 g/mol. The zero-order chi connectivity index (χ0) is 23.8. The molecule has 3 heterocycles. The summed E-state index contributed by atoms with van der Waals surface area (Å²) >= 11 is 0. The molecule has 2 aliphatic heterocycles. The van der Waals surface area contributed by atoms with Crippen LogP contribution in [0.25, 0.3) is 0 Å². The highest BCUT2D eigenvalue weighted by Crippen LogP contribution is 2.40. The number of rotatable bonds is 8. The van der Waals surface area contributed by atoms with Gasteiger partial charge in [0.2, 0.25) is 14.9 Å². The van der Waals surface area contributed by atoms with Crippen LogP contribution in [0, 0.1) is 17.8 Å². The Bertz CT molecular complexity index is 1120. The predicted molar refractivity (Wildman–Crippen MR) is 134 cm³/mol. The summed E-state index contributed by atoms with van der Waals surface area (Å²) in [5.74, 6) is 2.89. The van der Waals surface area contributed by atoms with E-state index in [0.29, 0.717) is 23.6 Å². The van der Waals surface area contributed by atoms with Crippen LogP contribution in [0.15, 0.2) is 46.3 Å². The Balaban J connectivity index is 1.12. The predicted octanol–water partition coefficient (Wildman–Crippen LogP) is 3.43. The van der Waals surface area contributed by atoms with Crippen LogP contribution >= 0.6 is 0 Å². The maximum absolute atomic E-state index is 13.2. The first-order valence-corrected chi connectivity index (χ1v) is 14.5. The minimum Gasteiger partial charge on any atom is -0.381 e. The van der Waals surface area contributed by atoms with Gasteiger partial charge in [-0.2, -0.15) is 0 Å². The van der Waals surface area contributed by atoms with Crippen molar-refractivity contribution in [2.24, 2.45) is 17.8 Å². The molecule has 6 rings (SSSR count). The molecule has 1 aromatic carbocycles. The third-order valence-electron chi connectivity index (χ3n) is 8.04. The highest BCUT2D eigenvalue weighted by Gasteiger charge is 2.41. The van der Waals surface area contributed by atoms with E-state index in [1.54, 1.807) is 24.3 Å². The van der Waals surface area contributed by atoms with E-state index in [1.165, 1.54) is 32.5 Å². The summed E-state index contributed by atoms with van der Waals surface area (Å²) < 4.78 is 32.0. The molecule has 0 spiro atoms. The zero-order valence-corrected chi connectivity index (χ0v) is 20.9. The molecule has 2 aliphatic carbocycles. The van der Waals surface area contributed by atoms with Crippen LogP contribution in [0.5, 0.6) is 0 Å². The number of benzene rings is 1. The molecule has 2 aromatic rings. The van der Waals surface area contributed by atoms with E-state index in [0.717, 1.165) is 56.7 Å². The highest BCUT2D eigenvalue weighted by atomic mass is 32.2. The second kappa shape index (κ2) is 9.67. The van der Waals surface area contributed by atoms with Crippen LogP contribution in [0.2, 0.25) is 0 Å². The van der Waals surface area contributed by atoms with E-state index in [2.05, 4.69) is 25.7 Å². The van der Waals surface area contributed by atoms with Crippen molar-refractivity contribution < 1.29 is 13.2 Å². The van der Waals surface area contributed by atoms with E-state index in [1.807, 2.05) is 12.1 Å². The van der Waals surface area contributed by atoms with Gasteiger partial charge >= 0.3 is 0 Å². The second-order valence-corrected chi connectivity index (χ2v) is 12.7. The van der Waals surface area contributed by atoms with E-state index in [4.69, 9.17) is 4.74 Å². The van der Waals surface area contributed by atoms with Crippen LogP contribution in [-0.2, 0) is 14.6 Å². The van der Waals surface area contributed by atoms with Gasteiger partial charge in [0.15, 0.2) is 5.82 Å². The Morgan fingerprint density at radius 1 is 0.914 bits per heavy atom. The molecule has 8 nitrogen and oxygen atoms in total. The van der Waals surface area contributed by atoms with E-state index >= 15 is 0 Å². The van der Waals surface area contributed by atoms with Crippen LogP contribution in [0.3, 0.4) is 0 Å². The van der Waals surface area contributed by atoms with Crippen molar-refractivity contribution >= 4 is 21.3 Å².